The number of urea groups is 1. The molecule has 154 valence electrons. The van der Waals surface area contributed by atoms with Crippen molar-refractivity contribution in [2.24, 2.45) is 5.92 Å². The number of amides is 3. The molecule has 1 saturated heterocycles. The largest absolute Gasteiger partial charge is 0.497 e. The predicted molar refractivity (Wildman–Crippen MR) is 108 cm³/mol. The number of carbonyl (C=O) groups excluding carboxylic acids is 2. The summed E-state index contributed by atoms with van der Waals surface area (Å²) in [7, 11) is 1.63. The topological polar surface area (TPSA) is 70.7 Å². The van der Waals surface area contributed by atoms with E-state index in [1.54, 1.807) is 24.1 Å². The number of hydrogen-bond acceptors (Lipinski definition) is 3. The highest BCUT2D eigenvalue weighted by Gasteiger charge is 2.29. The third-order valence-electron chi connectivity index (χ3n) is 4.99. The van der Waals surface area contributed by atoms with Crippen LogP contribution >= 0.6 is 0 Å². The highest BCUT2D eigenvalue weighted by Crippen LogP contribution is 2.19. The molecule has 2 aromatic rings. The number of nitrogens with zero attached hydrogens (tertiary/aromatic N) is 1. The molecule has 0 unspecified atom stereocenters. The van der Waals surface area contributed by atoms with Gasteiger partial charge in [0.2, 0.25) is 5.91 Å². The maximum Gasteiger partial charge on any atom is 0.314 e. The van der Waals surface area contributed by atoms with Gasteiger partial charge in [0.1, 0.15) is 11.6 Å². The monoisotopic (exact) mass is 399 g/mol. The molecule has 0 saturated carbocycles. The Kier molecular flexibility index (Phi) is 7.05. The molecule has 0 radical (unpaired) electrons. The summed E-state index contributed by atoms with van der Waals surface area (Å²) < 4.78 is 18.1. The van der Waals surface area contributed by atoms with Gasteiger partial charge in [0, 0.05) is 38.5 Å². The number of nitrogens with one attached hydrogen (secondary N) is 2. The van der Waals surface area contributed by atoms with E-state index in [4.69, 9.17) is 4.74 Å². The van der Waals surface area contributed by atoms with Crippen LogP contribution in [0, 0.1) is 11.7 Å². The molecule has 3 amide bonds. The van der Waals surface area contributed by atoms with Crippen LogP contribution in [0.5, 0.6) is 5.75 Å². The van der Waals surface area contributed by atoms with Gasteiger partial charge in [-0.05, 0) is 41.8 Å². The summed E-state index contributed by atoms with van der Waals surface area (Å²) in [6.07, 6.45) is 1.14. The summed E-state index contributed by atoms with van der Waals surface area (Å²) in [6, 6.07) is 13.7. The van der Waals surface area contributed by atoms with E-state index in [-0.39, 0.29) is 23.7 Å². The molecule has 0 aliphatic carbocycles. The molecule has 7 heteroatoms. The van der Waals surface area contributed by atoms with Crippen molar-refractivity contribution in [3.63, 3.8) is 0 Å². The molecule has 1 heterocycles. The van der Waals surface area contributed by atoms with Crippen LogP contribution in [0.3, 0.4) is 0 Å². The van der Waals surface area contributed by atoms with Crippen molar-refractivity contribution in [3.8, 4) is 5.75 Å². The minimum absolute atomic E-state index is 0.0565. The molecular formula is C22H26FN3O3. The average molecular weight is 399 g/mol. The van der Waals surface area contributed by atoms with Crippen molar-refractivity contribution in [3.05, 3.63) is 65.5 Å². The molecular weight excluding hydrogens is 373 g/mol. The second-order valence-electron chi connectivity index (χ2n) is 7.21. The highest BCUT2D eigenvalue weighted by molar-refractivity contribution is 5.79. The van der Waals surface area contributed by atoms with Crippen molar-refractivity contribution >= 4 is 11.9 Å². The summed E-state index contributed by atoms with van der Waals surface area (Å²) in [4.78, 5) is 25.9. The number of methoxy groups -OCH3 is 1. The molecule has 0 aromatic heterocycles. The van der Waals surface area contributed by atoms with Crippen molar-refractivity contribution in [2.45, 2.75) is 19.4 Å². The molecule has 1 aliphatic heterocycles. The van der Waals surface area contributed by atoms with Crippen LogP contribution in [-0.2, 0) is 17.8 Å². The minimum Gasteiger partial charge on any atom is -0.497 e. The molecule has 0 bridgehead atoms. The van der Waals surface area contributed by atoms with Crippen LogP contribution in [0.15, 0.2) is 48.5 Å². The number of rotatable bonds is 8. The number of likely N-dealkylation sites (tertiary alicyclic amines) is 1. The minimum atomic E-state index is -0.290. The highest BCUT2D eigenvalue weighted by atomic mass is 19.1. The van der Waals surface area contributed by atoms with E-state index in [2.05, 4.69) is 10.6 Å². The normalized spacial score (nSPS) is 16.0. The molecule has 1 fully saturated rings. The van der Waals surface area contributed by atoms with Crippen LogP contribution in [0.2, 0.25) is 0 Å². The van der Waals surface area contributed by atoms with Gasteiger partial charge in [0.05, 0.1) is 7.11 Å². The maximum absolute atomic E-state index is 13.0. The zero-order valence-electron chi connectivity index (χ0n) is 16.5. The van der Waals surface area contributed by atoms with Crippen molar-refractivity contribution in [1.29, 1.82) is 0 Å². The van der Waals surface area contributed by atoms with E-state index in [1.165, 1.54) is 12.1 Å². The van der Waals surface area contributed by atoms with Gasteiger partial charge in [-0.15, -0.1) is 0 Å². The first-order chi connectivity index (χ1) is 14.0. The number of benzene rings is 2. The number of halogens is 1. The fraction of sp³-hybridized carbons (Fsp3) is 0.364. The fourth-order valence-electron chi connectivity index (χ4n) is 3.37. The third-order valence-corrected chi connectivity index (χ3v) is 4.99. The van der Waals surface area contributed by atoms with Gasteiger partial charge in [-0.3, -0.25) is 4.79 Å². The molecule has 6 nitrogen and oxygen atoms in total. The summed E-state index contributed by atoms with van der Waals surface area (Å²) >= 11 is 0. The lowest BCUT2D eigenvalue weighted by molar-refractivity contribution is -0.128. The van der Waals surface area contributed by atoms with E-state index in [0.717, 1.165) is 23.3 Å². The summed E-state index contributed by atoms with van der Waals surface area (Å²) in [6.45, 7) is 2.02. The van der Waals surface area contributed by atoms with E-state index in [1.807, 2.05) is 24.3 Å². The zero-order valence-corrected chi connectivity index (χ0v) is 16.5. The van der Waals surface area contributed by atoms with Gasteiger partial charge in [-0.1, -0.05) is 24.3 Å². The predicted octanol–water partition coefficient (Wildman–Crippen LogP) is 2.72. The lowest BCUT2D eigenvalue weighted by Gasteiger charge is -2.17. The molecule has 3 rings (SSSR count). The second kappa shape index (κ2) is 9.91. The van der Waals surface area contributed by atoms with Crippen molar-refractivity contribution in [2.75, 3.05) is 26.7 Å². The summed E-state index contributed by atoms with van der Waals surface area (Å²) in [5.41, 5.74) is 2.01. The molecule has 2 aromatic carbocycles. The van der Waals surface area contributed by atoms with Gasteiger partial charge in [-0.2, -0.15) is 0 Å². The standard InChI is InChI=1S/C22H26FN3O3/c1-29-20-8-4-16(5-9-20)10-11-24-22(28)25-13-18-12-21(27)26(15-18)14-17-2-6-19(23)7-3-17/h2-9,18H,10-15H2,1H3,(H2,24,25,28)/t18-/m0/s1. The van der Waals surface area contributed by atoms with Crippen LogP contribution in [0.25, 0.3) is 0 Å². The van der Waals surface area contributed by atoms with Crippen molar-refractivity contribution in [1.82, 2.24) is 15.5 Å². The molecule has 0 spiro atoms. The first kappa shape index (κ1) is 20.6. The number of hydrogen-bond donors (Lipinski definition) is 2. The number of ether oxygens (including phenoxy) is 1. The lowest BCUT2D eigenvalue weighted by Crippen LogP contribution is -2.39. The summed E-state index contributed by atoms with van der Waals surface area (Å²) in [5, 5.41) is 5.68. The van der Waals surface area contributed by atoms with Gasteiger partial charge >= 0.3 is 6.03 Å². The van der Waals surface area contributed by atoms with E-state index in [9.17, 15) is 14.0 Å². The lowest BCUT2D eigenvalue weighted by atomic mass is 10.1. The van der Waals surface area contributed by atoms with Crippen LogP contribution in [0.1, 0.15) is 17.5 Å². The Morgan fingerprint density at radius 2 is 1.79 bits per heavy atom. The van der Waals surface area contributed by atoms with Gasteiger partial charge in [0.25, 0.3) is 0 Å². The van der Waals surface area contributed by atoms with E-state index < -0.39 is 0 Å². The van der Waals surface area contributed by atoms with Gasteiger partial charge in [0.15, 0.2) is 0 Å². The SMILES string of the molecule is COc1ccc(CCNC(=O)NC[C@@H]2CC(=O)N(Cc3ccc(F)cc3)C2)cc1. The number of carbonyl (C=O) groups is 2. The fourth-order valence-corrected chi connectivity index (χ4v) is 3.37. The second-order valence-corrected chi connectivity index (χ2v) is 7.21. The van der Waals surface area contributed by atoms with E-state index in [0.29, 0.717) is 32.6 Å². The molecule has 1 atom stereocenters. The maximum atomic E-state index is 13.0. The first-order valence-corrected chi connectivity index (χ1v) is 9.70. The van der Waals surface area contributed by atoms with Crippen LogP contribution in [0.4, 0.5) is 9.18 Å². The third kappa shape index (κ3) is 6.20. The van der Waals surface area contributed by atoms with Crippen molar-refractivity contribution < 1.29 is 18.7 Å². The van der Waals surface area contributed by atoms with Gasteiger partial charge in [-0.25, -0.2) is 9.18 Å². The Morgan fingerprint density at radius 3 is 2.48 bits per heavy atom. The average Bonchev–Trinajstić information content (AvgIpc) is 3.08. The van der Waals surface area contributed by atoms with Crippen LogP contribution in [-0.4, -0.2) is 43.6 Å². The molecule has 29 heavy (non-hydrogen) atoms. The molecule has 1 aliphatic rings. The van der Waals surface area contributed by atoms with Gasteiger partial charge < -0.3 is 20.3 Å². The Labute approximate surface area is 170 Å². The zero-order chi connectivity index (χ0) is 20.6. The first-order valence-electron chi connectivity index (χ1n) is 9.70. The smallest absolute Gasteiger partial charge is 0.314 e. The van der Waals surface area contributed by atoms with E-state index >= 15 is 0 Å². The Morgan fingerprint density at radius 1 is 1.10 bits per heavy atom. The Hall–Kier alpha value is -3.09. The Bertz CT molecular complexity index is 824. The quantitative estimate of drug-likeness (QED) is 0.717. The molecule has 2 N–H and O–H groups in total. The Balaban J connectivity index is 1.35. The summed E-state index contributed by atoms with van der Waals surface area (Å²) in [5.74, 6) is 0.650. The van der Waals surface area contributed by atoms with Crippen LogP contribution < -0.4 is 15.4 Å².